The highest BCUT2D eigenvalue weighted by Gasteiger charge is 2.26. The van der Waals surface area contributed by atoms with Crippen LogP contribution < -0.4 is 16.2 Å². The molecule has 0 aliphatic carbocycles. The third kappa shape index (κ3) is 5.15. The average molecular weight is 473 g/mol. The van der Waals surface area contributed by atoms with Crippen LogP contribution in [-0.2, 0) is 4.79 Å². The maximum atomic E-state index is 13.6. The Hall–Kier alpha value is -4.24. The van der Waals surface area contributed by atoms with Crippen molar-refractivity contribution in [3.8, 4) is 17.3 Å². The highest BCUT2D eigenvalue weighted by Crippen LogP contribution is 2.29. The summed E-state index contributed by atoms with van der Waals surface area (Å²) in [5, 5.41) is 0. The smallest absolute Gasteiger partial charge is 0.334 e. The summed E-state index contributed by atoms with van der Waals surface area (Å²) in [7, 11) is 2.09. The minimum absolute atomic E-state index is 0.101. The van der Waals surface area contributed by atoms with Gasteiger partial charge in [-0.25, -0.2) is 14.8 Å². The molecule has 0 amide bonds. The van der Waals surface area contributed by atoms with Crippen LogP contribution in [0.3, 0.4) is 0 Å². The van der Waals surface area contributed by atoms with Crippen LogP contribution >= 0.6 is 0 Å². The van der Waals surface area contributed by atoms with Crippen molar-refractivity contribution in [2.75, 3.05) is 25.9 Å². The van der Waals surface area contributed by atoms with E-state index in [0.29, 0.717) is 34.9 Å². The number of fused-ring (bicyclic) bond motifs is 1. The molecule has 0 radical (unpaired) electrons. The van der Waals surface area contributed by atoms with E-state index in [2.05, 4.69) is 28.5 Å². The molecule has 4 aromatic rings. The first kappa shape index (κ1) is 23.9. The predicted octanol–water partition coefficient (Wildman–Crippen LogP) is 3.59. The number of nitrogens with zero attached hydrogens (tertiary/aromatic N) is 5. The minimum atomic E-state index is -0.103. The summed E-state index contributed by atoms with van der Waals surface area (Å²) in [6.45, 7) is 4.99. The number of carbonyl (C=O) groups excluding carboxylic acids is 1. The third-order valence-electron chi connectivity index (χ3n) is 5.83. The van der Waals surface area contributed by atoms with Gasteiger partial charge in [0.25, 0.3) is 0 Å². The van der Waals surface area contributed by atoms with Crippen molar-refractivity contribution in [2.24, 2.45) is 0 Å². The van der Waals surface area contributed by atoms with E-state index in [4.69, 9.17) is 15.3 Å². The molecule has 1 aliphatic heterocycles. The Bertz CT molecular complexity index is 1360. The molecule has 1 fully saturated rings. The molecule has 1 saturated heterocycles. The van der Waals surface area contributed by atoms with E-state index in [-0.39, 0.29) is 11.7 Å². The number of rotatable bonds is 5. The second-order valence-corrected chi connectivity index (χ2v) is 8.25. The number of likely N-dealkylation sites (N-methyl/N-ethyl adjacent to an activating group) is 1. The predicted molar refractivity (Wildman–Crippen MR) is 136 cm³/mol. The van der Waals surface area contributed by atoms with Gasteiger partial charge >= 0.3 is 5.69 Å². The van der Waals surface area contributed by atoms with Crippen molar-refractivity contribution in [3.63, 3.8) is 0 Å². The lowest BCUT2D eigenvalue weighted by Gasteiger charge is -2.30. The Labute approximate surface area is 203 Å². The Morgan fingerprint density at radius 3 is 2.54 bits per heavy atom. The topological polar surface area (TPSA) is 108 Å². The quantitative estimate of drug-likeness (QED) is 0.349. The van der Waals surface area contributed by atoms with Crippen molar-refractivity contribution in [1.29, 1.82) is 0 Å². The van der Waals surface area contributed by atoms with Crippen molar-refractivity contribution >= 4 is 23.1 Å². The number of aldehydes is 1. The lowest BCUT2D eigenvalue weighted by molar-refractivity contribution is -0.104. The molecule has 35 heavy (non-hydrogen) atoms. The van der Waals surface area contributed by atoms with Crippen LogP contribution in [0.1, 0.15) is 18.9 Å². The molecule has 1 unspecified atom stereocenters. The summed E-state index contributed by atoms with van der Waals surface area (Å²) < 4.78 is 9.30. The van der Waals surface area contributed by atoms with E-state index in [1.807, 2.05) is 47.0 Å². The van der Waals surface area contributed by atoms with Crippen LogP contribution in [0.5, 0.6) is 11.6 Å². The number of nitrogen functional groups attached to an aromatic ring is 1. The lowest BCUT2D eigenvalue weighted by Crippen LogP contribution is -2.37. The molecular weight excluding hydrogens is 444 g/mol. The number of carbonyl (C=O) groups is 1. The van der Waals surface area contributed by atoms with E-state index in [9.17, 15) is 4.79 Å². The van der Waals surface area contributed by atoms with Crippen LogP contribution in [0.4, 0.5) is 5.82 Å². The van der Waals surface area contributed by atoms with E-state index in [1.54, 1.807) is 23.0 Å². The highest BCUT2D eigenvalue weighted by atomic mass is 16.5. The normalized spacial score (nSPS) is 15.7. The molecular formula is C26H28N6O3. The third-order valence-corrected chi connectivity index (χ3v) is 5.83. The number of benzene rings is 1. The first-order valence-electron chi connectivity index (χ1n) is 11.3. The molecule has 9 nitrogen and oxygen atoms in total. The molecule has 1 aromatic carbocycles. The van der Waals surface area contributed by atoms with Gasteiger partial charge in [0, 0.05) is 25.0 Å². The summed E-state index contributed by atoms with van der Waals surface area (Å²) in [5.41, 5.74) is 8.30. The maximum absolute atomic E-state index is 13.6. The van der Waals surface area contributed by atoms with Gasteiger partial charge in [-0.3, -0.25) is 13.9 Å². The van der Waals surface area contributed by atoms with Gasteiger partial charge in [0.15, 0.2) is 0 Å². The SMILES string of the molecule is C=CC=O.CN1CCCC(n2c(=O)n(-c3ccc(Oc4ccccn4)cc3)c3c(N)nccc32)C1. The van der Waals surface area contributed by atoms with Crippen LogP contribution in [0.2, 0.25) is 0 Å². The van der Waals surface area contributed by atoms with Crippen molar-refractivity contribution in [2.45, 2.75) is 18.9 Å². The number of hydrogen-bond donors (Lipinski definition) is 1. The standard InChI is InChI=1S/C23H24N6O2.C3H4O/c1-27-14-4-5-17(15-27)28-19-11-13-26-22(24)21(19)29(23(28)30)16-7-9-18(10-8-16)31-20-6-2-3-12-25-20;1-2-3-4/h2-3,6-13,17H,4-5,14-15H2,1H3,(H2,24,26);2-3H,1H2. The molecule has 5 rings (SSSR count). The fraction of sp³-hybridized carbons (Fsp3) is 0.231. The number of aromatic nitrogens is 4. The molecule has 0 spiro atoms. The van der Waals surface area contributed by atoms with Gasteiger partial charge in [-0.1, -0.05) is 12.6 Å². The summed E-state index contributed by atoms with van der Waals surface area (Å²) in [4.78, 5) is 33.3. The Morgan fingerprint density at radius 2 is 1.89 bits per heavy atom. The first-order chi connectivity index (χ1) is 17.0. The monoisotopic (exact) mass is 472 g/mol. The zero-order valence-electron chi connectivity index (χ0n) is 19.6. The molecule has 1 atom stereocenters. The highest BCUT2D eigenvalue weighted by molar-refractivity contribution is 5.87. The zero-order valence-corrected chi connectivity index (χ0v) is 19.6. The average Bonchev–Trinajstić information content (AvgIpc) is 3.18. The molecule has 1 aliphatic rings. The number of nitrogens with two attached hydrogens (primary N) is 1. The van der Waals surface area contributed by atoms with Crippen LogP contribution in [-0.4, -0.2) is 50.4 Å². The molecule has 2 N–H and O–H groups in total. The first-order valence-corrected chi connectivity index (χ1v) is 11.3. The van der Waals surface area contributed by atoms with E-state index >= 15 is 0 Å². The fourth-order valence-corrected chi connectivity index (χ4v) is 4.32. The zero-order chi connectivity index (χ0) is 24.8. The van der Waals surface area contributed by atoms with Gasteiger partial charge in [-0.05, 0) is 68.9 Å². The van der Waals surface area contributed by atoms with Gasteiger partial charge < -0.3 is 15.4 Å². The summed E-state index contributed by atoms with van der Waals surface area (Å²) in [6, 6.07) is 14.8. The Balaban J connectivity index is 0.000000672. The molecule has 9 heteroatoms. The number of likely N-dealkylation sites (tertiary alicyclic amines) is 1. The number of allylic oxidation sites excluding steroid dienone is 1. The van der Waals surface area contributed by atoms with Crippen molar-refractivity contribution in [1.82, 2.24) is 24.0 Å². The van der Waals surface area contributed by atoms with Gasteiger partial charge in [0.1, 0.15) is 23.4 Å². The number of hydrogen-bond acceptors (Lipinski definition) is 7. The lowest BCUT2D eigenvalue weighted by atomic mass is 10.1. The van der Waals surface area contributed by atoms with Gasteiger partial charge in [-0.15, -0.1) is 0 Å². The van der Waals surface area contributed by atoms with E-state index in [0.717, 1.165) is 31.4 Å². The van der Waals surface area contributed by atoms with Crippen molar-refractivity contribution in [3.05, 3.63) is 84.1 Å². The molecule has 0 bridgehead atoms. The Morgan fingerprint density at radius 1 is 1.11 bits per heavy atom. The number of pyridine rings is 2. The number of imidazole rings is 1. The summed E-state index contributed by atoms with van der Waals surface area (Å²) >= 11 is 0. The largest absolute Gasteiger partial charge is 0.439 e. The minimum Gasteiger partial charge on any atom is -0.439 e. The van der Waals surface area contributed by atoms with E-state index < -0.39 is 0 Å². The summed E-state index contributed by atoms with van der Waals surface area (Å²) in [5.74, 6) is 1.49. The van der Waals surface area contributed by atoms with Crippen molar-refractivity contribution < 1.29 is 9.53 Å². The number of anilines is 1. The van der Waals surface area contributed by atoms with Gasteiger partial charge in [0.05, 0.1) is 17.2 Å². The number of piperidine rings is 1. The van der Waals surface area contributed by atoms with Gasteiger partial charge in [0.2, 0.25) is 5.88 Å². The maximum Gasteiger partial charge on any atom is 0.334 e. The van der Waals surface area contributed by atoms with Crippen LogP contribution in [0, 0.1) is 0 Å². The molecule has 0 saturated carbocycles. The second-order valence-electron chi connectivity index (χ2n) is 8.25. The van der Waals surface area contributed by atoms with E-state index in [1.165, 1.54) is 6.08 Å². The molecule has 3 aromatic heterocycles. The molecule has 180 valence electrons. The Kier molecular flexibility index (Phi) is 7.37. The molecule has 4 heterocycles. The number of ether oxygens (including phenoxy) is 1. The van der Waals surface area contributed by atoms with Gasteiger partial charge in [-0.2, -0.15) is 0 Å². The second kappa shape index (κ2) is 10.8. The van der Waals surface area contributed by atoms with Crippen LogP contribution in [0.25, 0.3) is 16.7 Å². The summed E-state index contributed by atoms with van der Waals surface area (Å²) in [6.07, 6.45) is 7.19. The fourth-order valence-electron chi connectivity index (χ4n) is 4.32. The van der Waals surface area contributed by atoms with Crippen LogP contribution in [0.15, 0.2) is 78.4 Å².